The van der Waals surface area contributed by atoms with E-state index in [0.29, 0.717) is 19.5 Å². The lowest BCUT2D eigenvalue weighted by Gasteiger charge is -2.14. The van der Waals surface area contributed by atoms with Gasteiger partial charge in [-0.15, -0.1) is 0 Å². The summed E-state index contributed by atoms with van der Waals surface area (Å²) in [5.74, 6) is -1.02. The molecular formula is C12H20N2O4. The Bertz CT molecular complexity index is 328. The quantitative estimate of drug-likeness (QED) is 0.667. The van der Waals surface area contributed by atoms with Crippen molar-refractivity contribution in [2.75, 3.05) is 40.3 Å². The lowest BCUT2D eigenvalue weighted by atomic mass is 10.3. The molecule has 1 rings (SSSR count). The number of hydrogen-bond donors (Lipinski definition) is 1. The zero-order valence-electron chi connectivity index (χ0n) is 10.8. The van der Waals surface area contributed by atoms with Crippen LogP contribution in [0.4, 0.5) is 0 Å². The molecule has 1 saturated heterocycles. The van der Waals surface area contributed by atoms with Crippen LogP contribution >= 0.6 is 0 Å². The number of likely N-dealkylation sites (N-methyl/N-ethyl adjacent to an activating group) is 1. The Morgan fingerprint density at radius 2 is 2.22 bits per heavy atom. The third-order valence-corrected chi connectivity index (χ3v) is 2.63. The predicted octanol–water partition coefficient (Wildman–Crippen LogP) is -0.194. The Morgan fingerprint density at radius 1 is 1.50 bits per heavy atom. The molecule has 1 amide bonds. The van der Waals surface area contributed by atoms with Crippen LogP contribution in [-0.4, -0.2) is 73.2 Å². The van der Waals surface area contributed by atoms with E-state index in [9.17, 15) is 9.59 Å². The number of aliphatic carboxylic acids is 1. The minimum atomic E-state index is -0.981. The number of likely N-dealkylation sites (tertiary alicyclic amines) is 1. The molecule has 0 spiro atoms. The van der Waals surface area contributed by atoms with Crippen molar-refractivity contribution < 1.29 is 19.4 Å². The number of carbonyl (C=O) groups is 2. The fraction of sp³-hybridized carbons (Fsp3) is 0.667. The van der Waals surface area contributed by atoms with Gasteiger partial charge in [-0.25, -0.2) is 4.79 Å². The molecule has 102 valence electrons. The summed E-state index contributed by atoms with van der Waals surface area (Å²) in [6.45, 7) is 1.51. The van der Waals surface area contributed by atoms with Gasteiger partial charge < -0.3 is 19.6 Å². The third-order valence-electron chi connectivity index (χ3n) is 2.63. The standard InChI is InChI=1S/C12H20N2O4/c1-13(2)6-3-4-11(15)14-7-5-10(8-14)18-9-12(16)17/h3-4,10H,5-9H2,1-2H3,(H,16,17). The van der Waals surface area contributed by atoms with Gasteiger partial charge in [0.2, 0.25) is 5.91 Å². The van der Waals surface area contributed by atoms with Gasteiger partial charge >= 0.3 is 5.97 Å². The number of rotatable bonds is 6. The topological polar surface area (TPSA) is 70.1 Å². The van der Waals surface area contributed by atoms with Crippen LogP contribution in [0.1, 0.15) is 6.42 Å². The summed E-state index contributed by atoms with van der Waals surface area (Å²) in [7, 11) is 3.86. The minimum absolute atomic E-state index is 0.0433. The van der Waals surface area contributed by atoms with E-state index in [1.165, 1.54) is 0 Å². The van der Waals surface area contributed by atoms with Crippen molar-refractivity contribution >= 4 is 11.9 Å². The summed E-state index contributed by atoms with van der Waals surface area (Å²) < 4.78 is 5.16. The van der Waals surface area contributed by atoms with E-state index in [-0.39, 0.29) is 18.6 Å². The highest BCUT2D eigenvalue weighted by Crippen LogP contribution is 2.12. The molecule has 0 bridgehead atoms. The molecular weight excluding hydrogens is 236 g/mol. The maximum Gasteiger partial charge on any atom is 0.329 e. The number of carboxylic acid groups (broad SMARTS) is 1. The van der Waals surface area contributed by atoms with Crippen molar-refractivity contribution in [3.05, 3.63) is 12.2 Å². The van der Waals surface area contributed by atoms with Crippen molar-refractivity contribution in [2.45, 2.75) is 12.5 Å². The van der Waals surface area contributed by atoms with Crippen LogP contribution in [0.15, 0.2) is 12.2 Å². The van der Waals surface area contributed by atoms with Crippen molar-refractivity contribution in [3.63, 3.8) is 0 Å². The van der Waals surface area contributed by atoms with Crippen LogP contribution in [0.25, 0.3) is 0 Å². The highest BCUT2D eigenvalue weighted by Gasteiger charge is 2.25. The van der Waals surface area contributed by atoms with Crippen LogP contribution in [0, 0.1) is 0 Å². The first-order chi connectivity index (χ1) is 8.49. The molecule has 0 aromatic rings. The summed E-state index contributed by atoms with van der Waals surface area (Å²) in [6.07, 6.45) is 3.90. The Balaban J connectivity index is 2.30. The van der Waals surface area contributed by atoms with Gasteiger partial charge in [0.1, 0.15) is 6.61 Å². The lowest BCUT2D eigenvalue weighted by Crippen LogP contribution is -2.29. The first-order valence-corrected chi connectivity index (χ1v) is 5.92. The van der Waals surface area contributed by atoms with Gasteiger partial charge in [-0.3, -0.25) is 4.79 Å². The molecule has 6 heteroatoms. The zero-order valence-corrected chi connectivity index (χ0v) is 10.8. The normalized spacial score (nSPS) is 19.9. The molecule has 1 fully saturated rings. The zero-order chi connectivity index (χ0) is 13.5. The van der Waals surface area contributed by atoms with Crippen LogP contribution in [0.2, 0.25) is 0 Å². The largest absolute Gasteiger partial charge is 0.480 e. The van der Waals surface area contributed by atoms with Crippen molar-refractivity contribution in [1.82, 2.24) is 9.80 Å². The number of ether oxygens (including phenoxy) is 1. The highest BCUT2D eigenvalue weighted by atomic mass is 16.5. The van der Waals surface area contributed by atoms with Crippen LogP contribution < -0.4 is 0 Å². The van der Waals surface area contributed by atoms with Crippen molar-refractivity contribution in [2.24, 2.45) is 0 Å². The molecule has 1 atom stereocenters. The summed E-state index contributed by atoms with van der Waals surface area (Å²) in [6, 6.07) is 0. The van der Waals surface area contributed by atoms with E-state index >= 15 is 0 Å². The Morgan fingerprint density at radius 3 is 2.83 bits per heavy atom. The smallest absolute Gasteiger partial charge is 0.329 e. The van der Waals surface area contributed by atoms with Gasteiger partial charge in [-0.2, -0.15) is 0 Å². The molecule has 0 radical (unpaired) electrons. The average molecular weight is 256 g/mol. The van der Waals surface area contributed by atoms with E-state index in [4.69, 9.17) is 9.84 Å². The number of carboxylic acids is 1. The van der Waals surface area contributed by atoms with Gasteiger partial charge in [0.25, 0.3) is 0 Å². The summed E-state index contributed by atoms with van der Waals surface area (Å²) in [5.41, 5.74) is 0. The van der Waals surface area contributed by atoms with E-state index in [1.54, 1.807) is 11.0 Å². The fourth-order valence-corrected chi connectivity index (χ4v) is 1.72. The van der Waals surface area contributed by atoms with Crippen LogP contribution in [-0.2, 0) is 14.3 Å². The van der Waals surface area contributed by atoms with Crippen molar-refractivity contribution in [1.29, 1.82) is 0 Å². The van der Waals surface area contributed by atoms with E-state index in [1.807, 2.05) is 25.1 Å². The van der Waals surface area contributed by atoms with Gasteiger partial charge in [0.05, 0.1) is 6.10 Å². The second kappa shape index (κ2) is 7.13. The summed E-state index contributed by atoms with van der Waals surface area (Å²) >= 11 is 0. The molecule has 1 aliphatic heterocycles. The molecule has 0 aromatic carbocycles. The predicted molar refractivity (Wildman–Crippen MR) is 66.3 cm³/mol. The van der Waals surface area contributed by atoms with Gasteiger partial charge in [-0.05, 0) is 20.5 Å². The van der Waals surface area contributed by atoms with Gasteiger partial charge in [0, 0.05) is 25.7 Å². The number of hydrogen-bond acceptors (Lipinski definition) is 4. The maximum atomic E-state index is 11.8. The second-order valence-electron chi connectivity index (χ2n) is 4.56. The molecule has 1 unspecified atom stereocenters. The first-order valence-electron chi connectivity index (χ1n) is 5.92. The SMILES string of the molecule is CN(C)CC=CC(=O)N1CCC(OCC(=O)O)C1. The Kier molecular flexibility index (Phi) is 5.80. The summed E-state index contributed by atoms with van der Waals surface area (Å²) in [4.78, 5) is 25.8. The molecule has 6 nitrogen and oxygen atoms in total. The van der Waals surface area contributed by atoms with Gasteiger partial charge in [-0.1, -0.05) is 6.08 Å². The fourth-order valence-electron chi connectivity index (χ4n) is 1.72. The lowest BCUT2D eigenvalue weighted by molar-refractivity contribution is -0.144. The molecule has 18 heavy (non-hydrogen) atoms. The van der Waals surface area contributed by atoms with E-state index < -0.39 is 5.97 Å². The second-order valence-corrected chi connectivity index (χ2v) is 4.56. The molecule has 1 heterocycles. The average Bonchev–Trinajstić information content (AvgIpc) is 2.74. The molecule has 1 N–H and O–H groups in total. The molecule has 1 aliphatic rings. The number of amides is 1. The van der Waals surface area contributed by atoms with E-state index in [2.05, 4.69) is 0 Å². The van der Waals surface area contributed by atoms with Crippen LogP contribution in [0.3, 0.4) is 0 Å². The highest BCUT2D eigenvalue weighted by molar-refractivity contribution is 5.87. The Labute approximate surface area is 107 Å². The maximum absolute atomic E-state index is 11.8. The Hall–Kier alpha value is -1.40. The molecule has 0 aromatic heterocycles. The summed E-state index contributed by atoms with van der Waals surface area (Å²) in [5, 5.41) is 8.50. The van der Waals surface area contributed by atoms with Gasteiger partial charge in [0.15, 0.2) is 0 Å². The number of nitrogens with zero attached hydrogens (tertiary/aromatic N) is 2. The third kappa shape index (κ3) is 5.29. The molecule has 0 saturated carbocycles. The van der Waals surface area contributed by atoms with E-state index in [0.717, 1.165) is 6.54 Å². The first kappa shape index (κ1) is 14.7. The minimum Gasteiger partial charge on any atom is -0.480 e. The number of carbonyl (C=O) groups excluding carboxylic acids is 1. The van der Waals surface area contributed by atoms with Crippen molar-refractivity contribution in [3.8, 4) is 0 Å². The monoisotopic (exact) mass is 256 g/mol. The van der Waals surface area contributed by atoms with Crippen LogP contribution in [0.5, 0.6) is 0 Å². The molecule has 0 aliphatic carbocycles.